The van der Waals surface area contributed by atoms with E-state index in [9.17, 15) is 0 Å². The highest BCUT2D eigenvalue weighted by Gasteiger charge is 2.33. The molecule has 1 aromatic heterocycles. The van der Waals surface area contributed by atoms with Gasteiger partial charge in [0.05, 0.1) is 6.61 Å². The van der Waals surface area contributed by atoms with Gasteiger partial charge in [-0.25, -0.2) is 4.98 Å². The first-order valence-corrected chi connectivity index (χ1v) is 6.80. The number of pyridine rings is 1. The topological polar surface area (TPSA) is 40.6 Å². The lowest BCUT2D eigenvalue weighted by Crippen LogP contribution is -2.11. The Morgan fingerprint density at radius 2 is 2.43 bits per heavy atom. The number of thiol groups is 1. The normalized spacial score (nSPS) is 25.4. The maximum absolute atomic E-state index is 5.44. The van der Waals surface area contributed by atoms with Crippen molar-refractivity contribution in [1.82, 2.24) is 4.98 Å². The van der Waals surface area contributed by atoms with Gasteiger partial charge in [-0.2, -0.15) is 0 Å². The van der Waals surface area contributed by atoms with Gasteiger partial charge in [-0.3, -0.25) is 4.52 Å². The Kier molecular flexibility index (Phi) is 2.66. The van der Waals surface area contributed by atoms with Gasteiger partial charge < -0.3 is 9.05 Å². The standard InChI is InChI=1S/C8H11NO3PS/c1-6-3-7-5-11-13(14,10-2)12-8(7)9-4-6/h3-4,14H,5H2,1-2H3. The van der Waals surface area contributed by atoms with Crippen LogP contribution in [0.15, 0.2) is 12.3 Å². The molecule has 1 aliphatic heterocycles. The number of aromatic nitrogens is 1. The van der Waals surface area contributed by atoms with Crippen LogP contribution in [0.3, 0.4) is 0 Å². The summed E-state index contributed by atoms with van der Waals surface area (Å²) in [4.78, 5) is 4.16. The van der Waals surface area contributed by atoms with E-state index in [-0.39, 0.29) is 0 Å². The van der Waals surface area contributed by atoms with E-state index in [1.807, 2.05) is 13.0 Å². The Labute approximate surface area is 88.3 Å². The van der Waals surface area contributed by atoms with Crippen LogP contribution in [0.4, 0.5) is 0 Å². The van der Waals surface area contributed by atoms with Crippen molar-refractivity contribution in [2.45, 2.75) is 13.5 Å². The summed E-state index contributed by atoms with van der Waals surface area (Å²) in [5.41, 5.74) is 2.02. The van der Waals surface area contributed by atoms with Gasteiger partial charge in [0.15, 0.2) is 0 Å². The molecule has 0 aliphatic carbocycles. The molecule has 6 heteroatoms. The first-order valence-electron chi connectivity index (χ1n) is 4.10. The van der Waals surface area contributed by atoms with Crippen molar-refractivity contribution in [3.63, 3.8) is 0 Å². The van der Waals surface area contributed by atoms with Gasteiger partial charge in [-0.1, -0.05) is 12.2 Å². The van der Waals surface area contributed by atoms with E-state index in [1.165, 1.54) is 7.11 Å². The highest BCUT2D eigenvalue weighted by atomic mass is 32.7. The molecule has 77 valence electrons. The van der Waals surface area contributed by atoms with Crippen LogP contribution in [-0.2, 0) is 15.7 Å². The third-order valence-electron chi connectivity index (χ3n) is 1.88. The van der Waals surface area contributed by atoms with E-state index in [0.29, 0.717) is 12.5 Å². The second kappa shape index (κ2) is 3.66. The van der Waals surface area contributed by atoms with Crippen molar-refractivity contribution in [3.05, 3.63) is 23.4 Å². The van der Waals surface area contributed by atoms with Crippen LogP contribution in [0.2, 0.25) is 0 Å². The average Bonchev–Trinajstić information content (AvgIpc) is 2.19. The van der Waals surface area contributed by atoms with Crippen LogP contribution in [0.5, 0.6) is 5.88 Å². The Morgan fingerprint density at radius 3 is 3.14 bits per heavy atom. The van der Waals surface area contributed by atoms with Crippen molar-refractivity contribution < 1.29 is 13.6 Å². The van der Waals surface area contributed by atoms with Gasteiger partial charge >= 0.3 is 7.15 Å². The first kappa shape index (κ1) is 10.2. The van der Waals surface area contributed by atoms with E-state index < -0.39 is 7.15 Å². The Morgan fingerprint density at radius 1 is 1.64 bits per heavy atom. The summed E-state index contributed by atoms with van der Waals surface area (Å²) in [5, 5.41) is 0. The molecule has 0 N–H and O–H groups in total. The van der Waals surface area contributed by atoms with Crippen molar-refractivity contribution in [3.8, 4) is 5.88 Å². The lowest BCUT2D eigenvalue weighted by atomic mass is 10.2. The summed E-state index contributed by atoms with van der Waals surface area (Å²) in [6.07, 6.45) is 1.75. The number of rotatable bonds is 1. The van der Waals surface area contributed by atoms with E-state index in [0.717, 1.165) is 11.1 Å². The quantitative estimate of drug-likeness (QED) is 0.596. The van der Waals surface area contributed by atoms with E-state index in [1.54, 1.807) is 6.20 Å². The third-order valence-corrected chi connectivity index (χ3v) is 4.28. The van der Waals surface area contributed by atoms with Crippen LogP contribution < -0.4 is 4.52 Å². The molecule has 1 aliphatic rings. The third kappa shape index (κ3) is 1.86. The molecule has 2 rings (SSSR count). The second-order valence-corrected chi connectivity index (χ2v) is 6.21. The number of nitrogens with zero attached hydrogens (tertiary/aromatic N) is 1. The maximum Gasteiger partial charge on any atom is 0.345 e. The Hall–Kier alpha value is -0.350. The maximum atomic E-state index is 5.44. The smallest absolute Gasteiger partial charge is 0.345 e. The molecular weight excluding hydrogens is 221 g/mol. The van der Waals surface area contributed by atoms with Crippen molar-refractivity contribution in [1.29, 1.82) is 0 Å². The fourth-order valence-corrected chi connectivity index (χ4v) is 2.50. The van der Waals surface area contributed by atoms with E-state index in [2.05, 4.69) is 17.2 Å². The molecule has 0 saturated carbocycles. The number of aryl methyl sites for hydroxylation is 1. The van der Waals surface area contributed by atoms with Gasteiger partial charge in [0, 0.05) is 18.9 Å². The Balaban J connectivity index is 2.31. The fourth-order valence-electron chi connectivity index (χ4n) is 1.18. The minimum atomic E-state index is -2.46. The molecule has 4 nitrogen and oxygen atoms in total. The predicted octanol–water partition coefficient (Wildman–Crippen LogP) is 2.55. The molecule has 0 amide bonds. The summed E-state index contributed by atoms with van der Waals surface area (Å²) < 4.78 is 15.9. The van der Waals surface area contributed by atoms with Gasteiger partial charge in [-0.05, 0) is 18.6 Å². The Bertz CT molecular complexity index is 362. The van der Waals surface area contributed by atoms with Crippen LogP contribution in [0, 0.1) is 6.92 Å². The molecule has 14 heavy (non-hydrogen) atoms. The van der Waals surface area contributed by atoms with Crippen LogP contribution in [0.25, 0.3) is 0 Å². The second-order valence-electron chi connectivity index (χ2n) is 2.99. The molecule has 1 aromatic rings. The molecule has 1 unspecified atom stereocenters. The summed E-state index contributed by atoms with van der Waals surface area (Å²) >= 11 is 4.20. The molecule has 0 fully saturated rings. The molecule has 0 saturated heterocycles. The monoisotopic (exact) mass is 232 g/mol. The first-order chi connectivity index (χ1) is 6.63. The predicted molar refractivity (Wildman–Crippen MR) is 57.3 cm³/mol. The van der Waals surface area contributed by atoms with Crippen molar-refractivity contribution in [2.75, 3.05) is 7.11 Å². The molecule has 0 bridgehead atoms. The van der Waals surface area contributed by atoms with Gasteiger partial charge in [0.2, 0.25) is 5.88 Å². The number of fused-ring (bicyclic) bond motifs is 1. The summed E-state index contributed by atoms with van der Waals surface area (Å²) in [5.74, 6) is 0.562. The van der Waals surface area contributed by atoms with E-state index in [4.69, 9.17) is 13.6 Å². The molecule has 0 spiro atoms. The zero-order valence-electron chi connectivity index (χ0n) is 7.93. The minimum absolute atomic E-state index is 0.440. The van der Waals surface area contributed by atoms with Crippen LogP contribution in [-0.4, -0.2) is 12.1 Å². The van der Waals surface area contributed by atoms with Crippen molar-refractivity contribution in [2.24, 2.45) is 0 Å². The van der Waals surface area contributed by atoms with Gasteiger partial charge in [0.1, 0.15) is 0 Å². The summed E-state index contributed by atoms with van der Waals surface area (Å²) in [7, 11) is -0.946. The molecule has 1 atom stereocenters. The molecule has 2 heterocycles. The fraction of sp³-hybridized carbons (Fsp3) is 0.375. The molecule has 0 aromatic carbocycles. The van der Waals surface area contributed by atoms with Crippen molar-refractivity contribution >= 4 is 19.4 Å². The lowest BCUT2D eigenvalue weighted by molar-refractivity contribution is 0.196. The van der Waals surface area contributed by atoms with Gasteiger partial charge in [0.25, 0.3) is 0 Å². The molecular formula is C8H11NO3PS. The lowest BCUT2D eigenvalue weighted by Gasteiger charge is -2.32. The van der Waals surface area contributed by atoms with Gasteiger partial charge in [-0.15, -0.1) is 0 Å². The number of hydrogen-bond acceptors (Lipinski definition) is 5. The average molecular weight is 232 g/mol. The van der Waals surface area contributed by atoms with Crippen LogP contribution >= 0.6 is 19.4 Å². The molecule has 1 radical (unpaired) electrons. The number of hydrogen-bond donors (Lipinski definition) is 1. The highest BCUT2D eigenvalue weighted by Crippen LogP contribution is 2.67. The summed E-state index contributed by atoms with van der Waals surface area (Å²) in [6, 6.07) is 1.98. The largest absolute Gasteiger partial charge is 0.409 e. The SMILES string of the molecule is CO[P]1(S)OCc2cc(C)cnc2O1. The van der Waals surface area contributed by atoms with Crippen LogP contribution in [0.1, 0.15) is 11.1 Å². The zero-order valence-corrected chi connectivity index (χ0v) is 9.72. The highest BCUT2D eigenvalue weighted by molar-refractivity contribution is 8.47. The zero-order chi connectivity index (χ0) is 10.2. The minimum Gasteiger partial charge on any atom is -0.409 e. The summed E-state index contributed by atoms with van der Waals surface area (Å²) in [6.45, 7) is 2.41. The van der Waals surface area contributed by atoms with E-state index >= 15 is 0 Å².